The fraction of sp³-hybridized carbons (Fsp3) is 0.0385. The van der Waals surface area contributed by atoms with Crippen LogP contribution in [-0.4, -0.2) is 24.0 Å². The second kappa shape index (κ2) is 11.7. The van der Waals surface area contributed by atoms with Crippen LogP contribution < -0.4 is 20.7 Å². The van der Waals surface area contributed by atoms with Gasteiger partial charge in [-0.3, -0.25) is 14.9 Å². The number of hydrogen-bond donors (Lipinski definition) is 3. The third-order valence-electron chi connectivity index (χ3n) is 4.84. The van der Waals surface area contributed by atoms with Gasteiger partial charge < -0.3 is 19.8 Å². The maximum atomic E-state index is 12.3. The van der Waals surface area contributed by atoms with Gasteiger partial charge in [0.05, 0.1) is 17.7 Å². The number of furan rings is 1. The number of halogens is 1. The Labute approximate surface area is 221 Å². The monoisotopic (exact) mass is 537 g/mol. The molecule has 0 atom stereocenters. The Morgan fingerprint density at radius 1 is 1.06 bits per heavy atom. The van der Waals surface area contributed by atoms with Gasteiger partial charge in [-0.05, 0) is 78.3 Å². The average molecular weight is 538 g/mol. The molecule has 0 unspecified atom stereocenters. The molecule has 2 heterocycles. The number of thiophene rings is 1. The Balaban J connectivity index is 1.32. The molecule has 10 heteroatoms. The molecule has 0 saturated carbocycles. The number of nitrogens with one attached hydrogen (secondary N) is 3. The van der Waals surface area contributed by atoms with Crippen LogP contribution in [0.3, 0.4) is 0 Å². The molecule has 0 saturated heterocycles. The van der Waals surface area contributed by atoms with Crippen molar-refractivity contribution in [2.24, 2.45) is 0 Å². The Kier molecular flexibility index (Phi) is 8.17. The largest absolute Gasteiger partial charge is 0.494 e. The van der Waals surface area contributed by atoms with Crippen molar-refractivity contribution in [2.75, 3.05) is 17.7 Å². The Morgan fingerprint density at radius 2 is 1.86 bits per heavy atom. The van der Waals surface area contributed by atoms with E-state index in [1.807, 2.05) is 29.6 Å². The fourth-order valence-corrected chi connectivity index (χ4v) is 4.11. The van der Waals surface area contributed by atoms with Crippen LogP contribution in [0.2, 0.25) is 5.02 Å². The van der Waals surface area contributed by atoms with Crippen LogP contribution >= 0.6 is 35.2 Å². The van der Waals surface area contributed by atoms with Crippen molar-refractivity contribution in [3.63, 3.8) is 0 Å². The molecular formula is C26H20ClN3O4S2. The number of carbonyl (C=O) groups excluding carboxylic acids is 2. The van der Waals surface area contributed by atoms with E-state index in [1.54, 1.807) is 48.5 Å². The lowest BCUT2D eigenvalue weighted by atomic mass is 10.2. The highest BCUT2D eigenvalue weighted by Gasteiger charge is 2.12. The number of carbonyl (C=O) groups is 2. The summed E-state index contributed by atoms with van der Waals surface area (Å²) in [4.78, 5) is 25.2. The third kappa shape index (κ3) is 6.60. The molecule has 0 spiro atoms. The highest BCUT2D eigenvalue weighted by Crippen LogP contribution is 2.29. The van der Waals surface area contributed by atoms with Crippen molar-refractivity contribution in [3.8, 4) is 17.1 Å². The highest BCUT2D eigenvalue weighted by molar-refractivity contribution is 7.80. The molecule has 0 bridgehead atoms. The van der Waals surface area contributed by atoms with E-state index in [2.05, 4.69) is 16.0 Å². The van der Waals surface area contributed by atoms with Gasteiger partial charge in [-0.1, -0.05) is 17.7 Å². The van der Waals surface area contributed by atoms with Crippen molar-refractivity contribution in [2.45, 2.75) is 0 Å². The van der Waals surface area contributed by atoms with E-state index in [0.29, 0.717) is 38.5 Å². The zero-order valence-electron chi connectivity index (χ0n) is 18.9. The molecule has 36 heavy (non-hydrogen) atoms. The normalized spacial score (nSPS) is 10.7. The number of thiocarbonyl (C=S) groups is 1. The first-order valence-electron chi connectivity index (χ1n) is 10.6. The van der Waals surface area contributed by atoms with E-state index in [4.69, 9.17) is 33.0 Å². The van der Waals surface area contributed by atoms with Crippen molar-refractivity contribution < 1.29 is 18.7 Å². The van der Waals surface area contributed by atoms with Gasteiger partial charge in [-0.15, -0.1) is 11.3 Å². The van der Waals surface area contributed by atoms with Crippen LogP contribution in [0.4, 0.5) is 11.4 Å². The SMILES string of the molecule is COc1cc(NC(=S)NC(=O)C=Cc2ccc(-c3ccc(Cl)cc3)o2)ccc1NC(=O)c1cccs1. The number of methoxy groups -OCH3 is 1. The Morgan fingerprint density at radius 3 is 2.58 bits per heavy atom. The molecule has 0 aliphatic carbocycles. The zero-order chi connectivity index (χ0) is 25.5. The van der Waals surface area contributed by atoms with Crippen LogP contribution in [0.15, 0.2) is 82.6 Å². The van der Waals surface area contributed by atoms with Crippen molar-refractivity contribution in [3.05, 3.63) is 93.8 Å². The van der Waals surface area contributed by atoms with E-state index in [-0.39, 0.29) is 11.0 Å². The van der Waals surface area contributed by atoms with Gasteiger partial charge in [0.25, 0.3) is 5.91 Å². The van der Waals surface area contributed by atoms with Crippen LogP contribution in [0.5, 0.6) is 5.75 Å². The molecule has 2 aromatic carbocycles. The summed E-state index contributed by atoms with van der Waals surface area (Å²) in [5.41, 5.74) is 1.96. The van der Waals surface area contributed by atoms with E-state index < -0.39 is 5.91 Å². The lowest BCUT2D eigenvalue weighted by Gasteiger charge is -2.13. The highest BCUT2D eigenvalue weighted by atomic mass is 35.5. The van der Waals surface area contributed by atoms with Crippen LogP contribution in [-0.2, 0) is 4.79 Å². The lowest BCUT2D eigenvalue weighted by Crippen LogP contribution is -2.32. The first kappa shape index (κ1) is 25.2. The maximum Gasteiger partial charge on any atom is 0.265 e. The summed E-state index contributed by atoms with van der Waals surface area (Å²) in [5.74, 6) is 0.958. The van der Waals surface area contributed by atoms with Crippen molar-refractivity contribution in [1.29, 1.82) is 0 Å². The summed E-state index contributed by atoms with van der Waals surface area (Å²) in [6.45, 7) is 0. The summed E-state index contributed by atoms with van der Waals surface area (Å²) in [6, 6.07) is 19.4. The van der Waals surface area contributed by atoms with Crippen LogP contribution in [0.25, 0.3) is 17.4 Å². The zero-order valence-corrected chi connectivity index (χ0v) is 21.3. The summed E-state index contributed by atoms with van der Waals surface area (Å²) >= 11 is 12.5. The summed E-state index contributed by atoms with van der Waals surface area (Å²) in [6.07, 6.45) is 2.87. The van der Waals surface area contributed by atoms with E-state index in [9.17, 15) is 9.59 Å². The van der Waals surface area contributed by atoms with Crippen molar-refractivity contribution in [1.82, 2.24) is 5.32 Å². The van der Waals surface area contributed by atoms with Crippen LogP contribution in [0.1, 0.15) is 15.4 Å². The predicted octanol–water partition coefficient (Wildman–Crippen LogP) is 6.45. The molecule has 4 rings (SSSR count). The third-order valence-corrected chi connectivity index (χ3v) is 6.17. The molecule has 0 fully saturated rings. The number of benzene rings is 2. The predicted molar refractivity (Wildman–Crippen MR) is 148 cm³/mol. The topological polar surface area (TPSA) is 92.6 Å². The number of rotatable bonds is 7. The molecular weight excluding hydrogens is 518 g/mol. The van der Waals surface area contributed by atoms with Gasteiger partial charge in [0, 0.05) is 28.4 Å². The number of amides is 2. The van der Waals surface area contributed by atoms with Gasteiger partial charge in [-0.25, -0.2) is 0 Å². The van der Waals surface area contributed by atoms with Gasteiger partial charge in [0.15, 0.2) is 5.11 Å². The van der Waals surface area contributed by atoms with Crippen molar-refractivity contribution >= 4 is 69.5 Å². The smallest absolute Gasteiger partial charge is 0.265 e. The van der Waals surface area contributed by atoms with Crippen LogP contribution in [0, 0.1) is 0 Å². The molecule has 4 aromatic rings. The maximum absolute atomic E-state index is 12.3. The first-order chi connectivity index (χ1) is 17.4. The molecule has 0 radical (unpaired) electrons. The number of hydrogen-bond acceptors (Lipinski definition) is 6. The van der Waals surface area contributed by atoms with Gasteiger partial charge in [0.1, 0.15) is 17.3 Å². The minimum Gasteiger partial charge on any atom is -0.494 e. The fourth-order valence-electron chi connectivity index (χ4n) is 3.15. The average Bonchev–Trinajstić information content (AvgIpc) is 3.57. The lowest BCUT2D eigenvalue weighted by molar-refractivity contribution is -0.115. The molecule has 0 aliphatic heterocycles. The second-order valence-electron chi connectivity index (χ2n) is 7.33. The summed E-state index contributed by atoms with van der Waals surface area (Å²) < 4.78 is 11.1. The second-order valence-corrected chi connectivity index (χ2v) is 9.12. The van der Waals surface area contributed by atoms with E-state index >= 15 is 0 Å². The standard InChI is InChI=1S/C26H20ClN3O4S2/c1-33-22-15-18(8-11-20(22)29-25(32)23-3-2-14-36-23)28-26(35)30-24(31)13-10-19-9-12-21(34-19)16-4-6-17(27)7-5-16/h2-15H,1H3,(H,29,32)(H2,28,30,31,35). The molecule has 2 aromatic heterocycles. The molecule has 3 N–H and O–H groups in total. The minimum atomic E-state index is -0.427. The molecule has 2 amide bonds. The minimum absolute atomic E-state index is 0.100. The number of ether oxygens (including phenoxy) is 1. The number of anilines is 2. The van der Waals surface area contributed by atoms with E-state index in [1.165, 1.54) is 24.5 Å². The summed E-state index contributed by atoms with van der Waals surface area (Å²) in [5, 5.41) is 10.9. The van der Waals surface area contributed by atoms with Gasteiger partial charge in [0.2, 0.25) is 5.91 Å². The molecule has 182 valence electrons. The summed E-state index contributed by atoms with van der Waals surface area (Å²) in [7, 11) is 1.50. The van der Waals surface area contributed by atoms with Gasteiger partial charge in [-0.2, -0.15) is 0 Å². The Bertz CT molecular complexity index is 1410. The van der Waals surface area contributed by atoms with E-state index in [0.717, 1.165) is 5.56 Å². The van der Waals surface area contributed by atoms with Gasteiger partial charge >= 0.3 is 0 Å². The first-order valence-corrected chi connectivity index (χ1v) is 12.3. The molecule has 7 nitrogen and oxygen atoms in total. The molecule has 0 aliphatic rings. The Hall–Kier alpha value is -3.92. The quantitative estimate of drug-likeness (QED) is 0.185.